The van der Waals surface area contributed by atoms with Crippen molar-refractivity contribution < 1.29 is 17.9 Å². The number of aliphatic imine (C=N–C) groups is 1. The van der Waals surface area contributed by atoms with E-state index in [0.29, 0.717) is 36.9 Å². The maximum absolute atomic E-state index is 12.0. The molecule has 0 aliphatic carbocycles. The Bertz CT molecular complexity index is 1040. The first-order valence-electron chi connectivity index (χ1n) is 9.12. The molecule has 1 saturated heterocycles. The average Bonchev–Trinajstić information content (AvgIpc) is 2.82. The number of piperazine rings is 1. The van der Waals surface area contributed by atoms with Crippen LogP contribution in [0.15, 0.2) is 47.5 Å². The number of amidine groups is 1. The minimum absolute atomic E-state index is 0.146. The van der Waals surface area contributed by atoms with E-state index in [-0.39, 0.29) is 6.04 Å². The minimum atomic E-state index is -3.23. The number of para-hydroxylation sites is 2. The van der Waals surface area contributed by atoms with Crippen molar-refractivity contribution in [3.63, 3.8) is 0 Å². The van der Waals surface area contributed by atoms with E-state index in [1.54, 1.807) is 11.4 Å². The summed E-state index contributed by atoms with van der Waals surface area (Å²) in [5, 5.41) is 0. The molecule has 1 atom stereocenters. The average molecular weight is 401 g/mol. The molecule has 0 radical (unpaired) electrons. The lowest BCUT2D eigenvalue weighted by Crippen LogP contribution is -2.55. The number of nitrogens with zero attached hydrogens (tertiary/aromatic N) is 3. The smallest absolute Gasteiger partial charge is 0.211 e. The van der Waals surface area contributed by atoms with Crippen LogP contribution in [0.3, 0.4) is 0 Å². The van der Waals surface area contributed by atoms with Gasteiger partial charge >= 0.3 is 0 Å². The highest BCUT2D eigenvalue weighted by Crippen LogP contribution is 2.39. The van der Waals surface area contributed by atoms with Gasteiger partial charge in [-0.2, -0.15) is 4.31 Å². The second kappa shape index (κ2) is 7.10. The van der Waals surface area contributed by atoms with Crippen molar-refractivity contribution in [2.24, 2.45) is 4.99 Å². The van der Waals surface area contributed by atoms with E-state index in [2.05, 4.69) is 4.90 Å². The van der Waals surface area contributed by atoms with E-state index in [4.69, 9.17) is 14.5 Å². The SMILES string of the molecule is COc1ccc2c(c1)Oc1ccccc1N=C2N1CCN(S(C)(=O)=O)C(C)C1. The maximum Gasteiger partial charge on any atom is 0.211 e. The Labute approximate surface area is 165 Å². The molecule has 1 fully saturated rings. The molecule has 0 bridgehead atoms. The lowest BCUT2D eigenvalue weighted by molar-refractivity contribution is 0.207. The number of rotatable bonds is 2. The summed E-state index contributed by atoms with van der Waals surface area (Å²) in [6.45, 7) is 3.46. The molecule has 4 rings (SSSR count). The summed E-state index contributed by atoms with van der Waals surface area (Å²) >= 11 is 0. The van der Waals surface area contributed by atoms with Crippen LogP contribution in [0, 0.1) is 0 Å². The van der Waals surface area contributed by atoms with Gasteiger partial charge in [-0.3, -0.25) is 0 Å². The van der Waals surface area contributed by atoms with E-state index in [0.717, 1.165) is 17.1 Å². The number of benzene rings is 2. The first kappa shape index (κ1) is 18.8. The third-order valence-electron chi connectivity index (χ3n) is 5.03. The van der Waals surface area contributed by atoms with Gasteiger partial charge in [-0.05, 0) is 31.2 Å². The predicted molar refractivity (Wildman–Crippen MR) is 108 cm³/mol. The van der Waals surface area contributed by atoms with E-state index in [9.17, 15) is 8.42 Å². The van der Waals surface area contributed by atoms with Crippen molar-refractivity contribution in [1.29, 1.82) is 0 Å². The number of fused-ring (bicyclic) bond motifs is 2. The molecule has 7 nitrogen and oxygen atoms in total. The van der Waals surface area contributed by atoms with Crippen LogP contribution in [0.1, 0.15) is 12.5 Å². The minimum Gasteiger partial charge on any atom is -0.497 e. The molecule has 0 aromatic heterocycles. The van der Waals surface area contributed by atoms with Crippen LogP contribution in [0.25, 0.3) is 0 Å². The van der Waals surface area contributed by atoms with Gasteiger partial charge in [-0.15, -0.1) is 0 Å². The Morgan fingerprint density at radius 2 is 1.93 bits per heavy atom. The number of ether oxygens (including phenoxy) is 2. The van der Waals surface area contributed by atoms with Crippen molar-refractivity contribution in [3.05, 3.63) is 48.0 Å². The fourth-order valence-corrected chi connectivity index (χ4v) is 4.83. The second-order valence-corrected chi connectivity index (χ2v) is 8.97. The number of hydrogen-bond acceptors (Lipinski definition) is 6. The lowest BCUT2D eigenvalue weighted by Gasteiger charge is -2.39. The fraction of sp³-hybridized carbons (Fsp3) is 0.350. The zero-order valence-electron chi connectivity index (χ0n) is 16.1. The number of sulfonamides is 1. The number of hydrogen-bond donors (Lipinski definition) is 0. The van der Waals surface area contributed by atoms with Gasteiger partial charge < -0.3 is 14.4 Å². The molecule has 0 saturated carbocycles. The maximum atomic E-state index is 12.0. The van der Waals surface area contributed by atoms with Gasteiger partial charge in [0.15, 0.2) is 5.75 Å². The van der Waals surface area contributed by atoms with Crippen molar-refractivity contribution in [2.75, 3.05) is 33.0 Å². The van der Waals surface area contributed by atoms with E-state index in [1.807, 2.05) is 49.4 Å². The Balaban J connectivity index is 1.76. The van der Waals surface area contributed by atoms with Crippen LogP contribution in [0.4, 0.5) is 5.69 Å². The standard InChI is InChI=1S/C20H23N3O4S/c1-14-13-22(10-11-23(14)28(3,24)25)20-16-9-8-15(26-2)12-19(16)27-18-7-5-4-6-17(18)21-20/h4-9,12,14H,10-11,13H2,1-3H3. The van der Waals surface area contributed by atoms with Gasteiger partial charge in [-0.25, -0.2) is 13.4 Å². The van der Waals surface area contributed by atoms with Crippen molar-refractivity contribution in [2.45, 2.75) is 13.0 Å². The Morgan fingerprint density at radius 1 is 1.14 bits per heavy atom. The van der Waals surface area contributed by atoms with Gasteiger partial charge in [0, 0.05) is 31.7 Å². The highest BCUT2D eigenvalue weighted by atomic mass is 32.2. The molecule has 8 heteroatoms. The summed E-state index contributed by atoms with van der Waals surface area (Å²) in [4.78, 5) is 7.02. The lowest BCUT2D eigenvalue weighted by atomic mass is 10.1. The monoisotopic (exact) mass is 401 g/mol. The molecule has 2 aromatic rings. The van der Waals surface area contributed by atoms with E-state index < -0.39 is 10.0 Å². The second-order valence-electron chi connectivity index (χ2n) is 7.04. The predicted octanol–water partition coefficient (Wildman–Crippen LogP) is 2.84. The van der Waals surface area contributed by atoms with Gasteiger partial charge in [0.05, 0.1) is 18.9 Å². The van der Waals surface area contributed by atoms with Crippen molar-refractivity contribution in [1.82, 2.24) is 9.21 Å². The largest absolute Gasteiger partial charge is 0.497 e. The van der Waals surface area contributed by atoms with Gasteiger partial charge in [-0.1, -0.05) is 12.1 Å². The third kappa shape index (κ3) is 3.45. The van der Waals surface area contributed by atoms with Crippen LogP contribution in [0.2, 0.25) is 0 Å². The first-order valence-corrected chi connectivity index (χ1v) is 11.0. The first-order chi connectivity index (χ1) is 13.4. The quantitative estimate of drug-likeness (QED) is 0.774. The Kier molecular flexibility index (Phi) is 4.76. The summed E-state index contributed by atoms with van der Waals surface area (Å²) in [7, 11) is -1.61. The third-order valence-corrected chi connectivity index (χ3v) is 6.43. The molecular weight excluding hydrogens is 378 g/mol. The van der Waals surface area contributed by atoms with Crippen LogP contribution in [0.5, 0.6) is 17.2 Å². The summed E-state index contributed by atoms with van der Waals surface area (Å²) in [5.74, 6) is 2.83. The topological polar surface area (TPSA) is 71.4 Å². The van der Waals surface area contributed by atoms with E-state index >= 15 is 0 Å². The Morgan fingerprint density at radius 3 is 2.64 bits per heavy atom. The molecule has 0 amide bonds. The summed E-state index contributed by atoms with van der Waals surface area (Å²) in [6.07, 6.45) is 1.26. The highest BCUT2D eigenvalue weighted by molar-refractivity contribution is 7.88. The fourth-order valence-electron chi connectivity index (χ4n) is 3.69. The highest BCUT2D eigenvalue weighted by Gasteiger charge is 2.33. The molecule has 1 unspecified atom stereocenters. The normalized spacial score (nSPS) is 19.8. The molecule has 0 spiro atoms. The molecule has 148 valence electrons. The van der Waals surface area contributed by atoms with Gasteiger partial charge in [0.1, 0.15) is 23.0 Å². The summed E-state index contributed by atoms with van der Waals surface area (Å²) < 4.78 is 37.1. The molecule has 2 aromatic carbocycles. The van der Waals surface area contributed by atoms with Crippen LogP contribution in [-0.4, -0.2) is 62.5 Å². The molecule has 0 N–H and O–H groups in total. The van der Waals surface area contributed by atoms with Crippen molar-refractivity contribution >= 4 is 21.5 Å². The summed E-state index contributed by atoms with van der Waals surface area (Å²) in [5.41, 5.74) is 1.60. The molecule has 28 heavy (non-hydrogen) atoms. The zero-order valence-corrected chi connectivity index (χ0v) is 16.9. The Hall–Kier alpha value is -2.58. The zero-order chi connectivity index (χ0) is 19.9. The van der Waals surface area contributed by atoms with E-state index in [1.165, 1.54) is 6.26 Å². The van der Waals surface area contributed by atoms with Crippen molar-refractivity contribution in [3.8, 4) is 17.2 Å². The van der Waals surface area contributed by atoms with Crippen LogP contribution in [-0.2, 0) is 10.0 Å². The molecule has 2 aliphatic rings. The van der Waals surface area contributed by atoms with Gasteiger partial charge in [0.25, 0.3) is 0 Å². The van der Waals surface area contributed by atoms with Crippen LogP contribution < -0.4 is 9.47 Å². The number of methoxy groups -OCH3 is 1. The molecule has 2 aliphatic heterocycles. The molecule has 2 heterocycles. The summed E-state index contributed by atoms with van der Waals surface area (Å²) in [6, 6.07) is 13.1. The van der Waals surface area contributed by atoms with Crippen LogP contribution >= 0.6 is 0 Å². The van der Waals surface area contributed by atoms with Gasteiger partial charge in [0.2, 0.25) is 10.0 Å². The molecular formula is C20H23N3O4S.